The van der Waals surface area contributed by atoms with Crippen molar-refractivity contribution in [3.05, 3.63) is 11.9 Å². The zero-order valence-corrected chi connectivity index (χ0v) is 15.9. The summed E-state index contributed by atoms with van der Waals surface area (Å²) in [5.74, 6) is 0. The fourth-order valence-electron chi connectivity index (χ4n) is 2.66. The molecule has 1 atom stereocenters. The zero-order chi connectivity index (χ0) is 17.1. The van der Waals surface area contributed by atoms with Crippen molar-refractivity contribution in [3.63, 3.8) is 0 Å². The van der Waals surface area contributed by atoms with Crippen LogP contribution in [0, 0.1) is 0 Å². The summed E-state index contributed by atoms with van der Waals surface area (Å²) in [6.45, 7) is 11.0. The molecule has 1 aliphatic heterocycles. The summed E-state index contributed by atoms with van der Waals surface area (Å²) in [7, 11) is 1.78. The first kappa shape index (κ1) is 20.3. The highest BCUT2D eigenvalue weighted by Crippen LogP contribution is 2.13. The van der Waals surface area contributed by atoms with Crippen LogP contribution in [0.3, 0.4) is 0 Å². The van der Waals surface area contributed by atoms with Crippen LogP contribution < -0.4 is 16.3 Å². The first-order chi connectivity index (χ1) is 10.9. The molecule has 0 aromatic carbocycles. The minimum atomic E-state index is 0.248. The molecular formula is C18H38N4O. The van der Waals surface area contributed by atoms with Crippen LogP contribution in [0.25, 0.3) is 0 Å². The molecule has 0 amide bonds. The molecule has 1 heterocycles. The molecule has 0 aromatic rings. The number of unbranched alkanes of at least 4 members (excludes halogenated alkanes) is 4. The van der Waals surface area contributed by atoms with E-state index >= 15 is 0 Å². The molecule has 0 bridgehead atoms. The Hall–Kier alpha value is -0.780. The van der Waals surface area contributed by atoms with Gasteiger partial charge < -0.3 is 15.5 Å². The Bertz CT molecular complexity index is 334. The highest BCUT2D eigenvalue weighted by molar-refractivity contribution is 5.03. The Kier molecular flexibility index (Phi) is 9.60. The van der Waals surface area contributed by atoms with Gasteiger partial charge in [0.2, 0.25) is 0 Å². The topological polar surface area (TPSA) is 48.6 Å². The molecule has 3 N–H and O–H groups in total. The van der Waals surface area contributed by atoms with Crippen molar-refractivity contribution < 1.29 is 4.74 Å². The molecule has 0 saturated carbocycles. The molecule has 0 saturated heterocycles. The van der Waals surface area contributed by atoms with E-state index in [1.54, 1.807) is 7.11 Å². The second-order valence-electron chi connectivity index (χ2n) is 7.50. The summed E-state index contributed by atoms with van der Waals surface area (Å²) in [4.78, 5) is 0. The number of ether oxygens (including phenoxy) is 1. The number of nitrogens with one attached hydrogen (secondary N) is 3. The Morgan fingerprint density at radius 1 is 1.17 bits per heavy atom. The maximum absolute atomic E-state index is 5.43. The molecule has 0 spiro atoms. The minimum absolute atomic E-state index is 0.248. The molecule has 5 heteroatoms. The molecule has 23 heavy (non-hydrogen) atoms. The predicted octanol–water partition coefficient (Wildman–Crippen LogP) is 3.31. The van der Waals surface area contributed by atoms with Gasteiger partial charge in [-0.1, -0.05) is 26.2 Å². The molecular weight excluding hydrogens is 288 g/mol. The number of hydrogen-bond donors (Lipinski definition) is 3. The Balaban J connectivity index is 2.01. The number of hydrazine groups is 2. The van der Waals surface area contributed by atoms with Gasteiger partial charge in [0.15, 0.2) is 0 Å². The van der Waals surface area contributed by atoms with E-state index in [4.69, 9.17) is 4.74 Å². The van der Waals surface area contributed by atoms with Crippen molar-refractivity contribution in [1.29, 1.82) is 0 Å². The molecule has 1 rings (SSSR count). The Morgan fingerprint density at radius 3 is 2.52 bits per heavy atom. The van der Waals surface area contributed by atoms with Gasteiger partial charge in [-0.2, -0.15) is 0 Å². The third-order valence-corrected chi connectivity index (χ3v) is 4.14. The number of nitrogens with zero attached hydrogens (tertiary/aromatic N) is 1. The van der Waals surface area contributed by atoms with Crippen LogP contribution >= 0.6 is 0 Å². The van der Waals surface area contributed by atoms with Gasteiger partial charge in [0.1, 0.15) is 0 Å². The van der Waals surface area contributed by atoms with E-state index in [1.165, 1.54) is 37.8 Å². The van der Waals surface area contributed by atoms with E-state index in [-0.39, 0.29) is 5.54 Å². The van der Waals surface area contributed by atoms with Crippen LogP contribution in [0.5, 0.6) is 0 Å². The van der Waals surface area contributed by atoms with Crippen molar-refractivity contribution in [1.82, 2.24) is 21.3 Å². The lowest BCUT2D eigenvalue weighted by molar-refractivity contribution is 0.0982. The van der Waals surface area contributed by atoms with Gasteiger partial charge in [-0.25, -0.2) is 0 Å². The molecule has 0 aromatic heterocycles. The average Bonchev–Trinajstić information content (AvgIpc) is 2.94. The molecule has 1 unspecified atom stereocenters. The highest BCUT2D eigenvalue weighted by Gasteiger charge is 2.14. The molecule has 0 radical (unpaired) electrons. The second-order valence-corrected chi connectivity index (χ2v) is 7.50. The van der Waals surface area contributed by atoms with Crippen LogP contribution in [-0.4, -0.2) is 36.9 Å². The summed E-state index contributed by atoms with van der Waals surface area (Å²) in [5, 5.41) is 5.69. The van der Waals surface area contributed by atoms with E-state index < -0.39 is 0 Å². The van der Waals surface area contributed by atoms with Crippen molar-refractivity contribution in [2.24, 2.45) is 0 Å². The van der Waals surface area contributed by atoms with Crippen molar-refractivity contribution in [3.8, 4) is 0 Å². The smallest absolute Gasteiger partial charge is 0.0624 e. The van der Waals surface area contributed by atoms with Crippen molar-refractivity contribution in [2.45, 2.75) is 84.3 Å². The maximum atomic E-state index is 5.43. The largest absolute Gasteiger partial charge is 0.381 e. The van der Waals surface area contributed by atoms with Crippen molar-refractivity contribution in [2.75, 3.05) is 20.2 Å². The van der Waals surface area contributed by atoms with E-state index in [1.807, 2.05) is 0 Å². The highest BCUT2D eigenvalue weighted by atomic mass is 16.5. The van der Waals surface area contributed by atoms with Crippen LogP contribution in [0.2, 0.25) is 0 Å². The monoisotopic (exact) mass is 326 g/mol. The average molecular weight is 327 g/mol. The number of hydrogen-bond acceptors (Lipinski definition) is 5. The van der Waals surface area contributed by atoms with Crippen LogP contribution in [-0.2, 0) is 4.74 Å². The predicted molar refractivity (Wildman–Crippen MR) is 97.6 cm³/mol. The summed E-state index contributed by atoms with van der Waals surface area (Å²) in [5.41, 5.74) is 7.91. The quantitative estimate of drug-likeness (QED) is 0.480. The Morgan fingerprint density at radius 2 is 1.87 bits per heavy atom. The summed E-state index contributed by atoms with van der Waals surface area (Å²) in [6, 6.07) is 0. The molecule has 5 nitrogen and oxygen atoms in total. The molecule has 0 fully saturated rings. The zero-order valence-electron chi connectivity index (χ0n) is 15.9. The molecule has 136 valence electrons. The normalized spacial score (nSPS) is 16.4. The maximum Gasteiger partial charge on any atom is 0.0624 e. The minimum Gasteiger partial charge on any atom is -0.381 e. The van der Waals surface area contributed by atoms with Crippen LogP contribution in [0.15, 0.2) is 11.9 Å². The summed E-state index contributed by atoms with van der Waals surface area (Å²) < 4.78 is 5.43. The number of methoxy groups -OCH3 is 1. The first-order valence-corrected chi connectivity index (χ1v) is 9.21. The van der Waals surface area contributed by atoms with Gasteiger partial charge in [-0.05, 0) is 46.6 Å². The SMILES string of the molecule is CCC(CC1=CN(CCCCCCCNC(C)(C)C)NN1)OC. The van der Waals surface area contributed by atoms with Gasteiger partial charge in [0.25, 0.3) is 0 Å². The van der Waals surface area contributed by atoms with Gasteiger partial charge in [0, 0.05) is 37.5 Å². The van der Waals surface area contributed by atoms with Crippen LogP contribution in [0.4, 0.5) is 0 Å². The fourth-order valence-corrected chi connectivity index (χ4v) is 2.66. The van der Waals surface area contributed by atoms with Crippen molar-refractivity contribution >= 4 is 0 Å². The number of rotatable bonds is 12. The summed E-state index contributed by atoms with van der Waals surface area (Å²) in [6.07, 6.45) is 10.9. The van der Waals surface area contributed by atoms with E-state index in [9.17, 15) is 0 Å². The van der Waals surface area contributed by atoms with E-state index in [2.05, 4.69) is 55.2 Å². The second kappa shape index (κ2) is 10.9. The Labute approximate surface area is 143 Å². The first-order valence-electron chi connectivity index (χ1n) is 9.21. The van der Waals surface area contributed by atoms with Crippen LogP contribution in [0.1, 0.15) is 72.6 Å². The lowest BCUT2D eigenvalue weighted by atomic mass is 10.1. The third-order valence-electron chi connectivity index (χ3n) is 4.14. The van der Waals surface area contributed by atoms with Gasteiger partial charge in [-0.15, -0.1) is 5.53 Å². The third kappa shape index (κ3) is 9.84. The molecule has 0 aliphatic carbocycles. The fraction of sp³-hybridized carbons (Fsp3) is 0.889. The summed E-state index contributed by atoms with van der Waals surface area (Å²) >= 11 is 0. The standard InChI is InChI=1S/C18H38N4O/c1-6-17(23-5)14-16-15-22(21-20-16)13-11-9-7-8-10-12-19-18(2,3)4/h15,17,19-21H,6-14H2,1-5H3. The van der Waals surface area contributed by atoms with Gasteiger partial charge >= 0.3 is 0 Å². The lowest BCUT2D eigenvalue weighted by Crippen LogP contribution is -2.37. The van der Waals surface area contributed by atoms with Gasteiger partial charge in [0.05, 0.1) is 6.10 Å². The van der Waals surface area contributed by atoms with Gasteiger partial charge in [-0.3, -0.25) is 5.01 Å². The molecule has 1 aliphatic rings. The van der Waals surface area contributed by atoms with E-state index in [0.29, 0.717) is 6.10 Å². The lowest BCUT2D eigenvalue weighted by Gasteiger charge is -2.20. The van der Waals surface area contributed by atoms with E-state index in [0.717, 1.165) is 25.9 Å².